The van der Waals surface area contributed by atoms with Crippen molar-refractivity contribution in [1.29, 1.82) is 0 Å². The van der Waals surface area contributed by atoms with E-state index in [0.29, 0.717) is 17.5 Å². The molecule has 48 heavy (non-hydrogen) atoms. The monoisotopic (exact) mass is 610 g/mol. The maximum Gasteiger partial charge on any atom is 0.166 e. The summed E-state index contributed by atoms with van der Waals surface area (Å²) in [6, 6.07) is 51.2. The van der Waals surface area contributed by atoms with Gasteiger partial charge >= 0.3 is 0 Å². The van der Waals surface area contributed by atoms with E-state index in [1.807, 2.05) is 42.7 Å². The third-order valence-corrected chi connectivity index (χ3v) is 9.56. The molecule has 0 radical (unpaired) electrons. The van der Waals surface area contributed by atoms with Crippen LogP contribution in [-0.2, 0) is 0 Å². The van der Waals surface area contributed by atoms with Crippen LogP contribution in [0.5, 0.6) is 0 Å². The molecule has 10 rings (SSSR count). The van der Waals surface area contributed by atoms with Gasteiger partial charge in [0, 0.05) is 34.5 Å². The summed E-state index contributed by atoms with van der Waals surface area (Å²) in [5.41, 5.74) is 2.75. The fourth-order valence-corrected chi connectivity index (χ4v) is 7.32. The van der Waals surface area contributed by atoms with Crippen LogP contribution in [-0.4, -0.2) is 19.9 Å². The maximum atomic E-state index is 5.18. The van der Waals surface area contributed by atoms with Crippen LogP contribution >= 0.6 is 0 Å². The van der Waals surface area contributed by atoms with Gasteiger partial charge in [-0.3, -0.25) is 4.98 Å². The second-order valence-electron chi connectivity index (χ2n) is 12.3. The summed E-state index contributed by atoms with van der Waals surface area (Å²) in [7, 11) is 0. The summed E-state index contributed by atoms with van der Waals surface area (Å²) >= 11 is 0. The van der Waals surface area contributed by atoms with Crippen LogP contribution in [0.3, 0.4) is 0 Å². The molecule has 0 aliphatic heterocycles. The van der Waals surface area contributed by atoms with Gasteiger partial charge in [0.05, 0.1) is 0 Å². The zero-order valence-corrected chi connectivity index (χ0v) is 25.8. The topological polar surface area (TPSA) is 51.6 Å². The minimum Gasteiger partial charge on any atom is -0.263 e. The van der Waals surface area contributed by atoms with Crippen molar-refractivity contribution in [2.75, 3.05) is 0 Å². The van der Waals surface area contributed by atoms with Crippen LogP contribution in [0.2, 0.25) is 0 Å². The van der Waals surface area contributed by atoms with Crippen LogP contribution in [0.1, 0.15) is 0 Å². The minimum absolute atomic E-state index is 0.597. The predicted octanol–water partition coefficient (Wildman–Crippen LogP) is 11.2. The number of aromatic nitrogens is 4. The highest BCUT2D eigenvalue weighted by Crippen LogP contribution is 2.39. The quantitative estimate of drug-likeness (QED) is 0.187. The van der Waals surface area contributed by atoms with E-state index >= 15 is 0 Å². The van der Waals surface area contributed by atoms with Crippen LogP contribution in [0, 0.1) is 0 Å². The molecule has 0 unspecified atom stereocenters. The molecular formula is C44H26N4. The lowest BCUT2D eigenvalue weighted by atomic mass is 9.93. The van der Waals surface area contributed by atoms with Crippen molar-refractivity contribution in [3.8, 4) is 34.2 Å². The van der Waals surface area contributed by atoms with Gasteiger partial charge in [-0.15, -0.1) is 0 Å². The number of rotatable bonds is 3. The van der Waals surface area contributed by atoms with Crippen LogP contribution < -0.4 is 0 Å². The summed E-state index contributed by atoms with van der Waals surface area (Å²) in [5.74, 6) is 1.85. The largest absolute Gasteiger partial charge is 0.263 e. The molecule has 0 bridgehead atoms. The Bertz CT molecular complexity index is 2860. The number of hydrogen-bond donors (Lipinski definition) is 0. The molecule has 4 heteroatoms. The molecule has 0 saturated heterocycles. The Balaban J connectivity index is 1.24. The van der Waals surface area contributed by atoms with Crippen molar-refractivity contribution in [2.45, 2.75) is 0 Å². The lowest BCUT2D eigenvalue weighted by molar-refractivity contribution is 1.07. The molecule has 8 aromatic carbocycles. The summed E-state index contributed by atoms with van der Waals surface area (Å²) in [6.07, 6.45) is 3.85. The molecule has 0 aliphatic carbocycles. The second kappa shape index (κ2) is 10.5. The number of benzene rings is 8. The van der Waals surface area contributed by atoms with Crippen molar-refractivity contribution < 1.29 is 0 Å². The fourth-order valence-electron chi connectivity index (χ4n) is 7.32. The van der Waals surface area contributed by atoms with E-state index in [0.717, 1.165) is 27.5 Å². The van der Waals surface area contributed by atoms with Crippen molar-refractivity contribution in [2.24, 2.45) is 0 Å². The Morgan fingerprint density at radius 2 is 0.854 bits per heavy atom. The van der Waals surface area contributed by atoms with Gasteiger partial charge in [-0.25, -0.2) is 15.0 Å². The molecule has 0 saturated carbocycles. The van der Waals surface area contributed by atoms with Gasteiger partial charge in [0.2, 0.25) is 0 Å². The highest BCUT2D eigenvalue weighted by molar-refractivity contribution is 6.26. The Labute approximate surface area is 276 Å². The third-order valence-electron chi connectivity index (χ3n) is 9.56. The van der Waals surface area contributed by atoms with Crippen molar-refractivity contribution in [1.82, 2.24) is 19.9 Å². The van der Waals surface area contributed by atoms with E-state index in [1.54, 1.807) is 0 Å². The van der Waals surface area contributed by atoms with E-state index in [4.69, 9.17) is 19.9 Å². The molecule has 0 spiro atoms. The Hall–Kier alpha value is -6.52. The summed E-state index contributed by atoms with van der Waals surface area (Å²) in [4.78, 5) is 20.1. The first-order valence-electron chi connectivity index (χ1n) is 16.1. The normalized spacial score (nSPS) is 11.8. The van der Waals surface area contributed by atoms with Crippen LogP contribution in [0.4, 0.5) is 0 Å². The highest BCUT2D eigenvalue weighted by Gasteiger charge is 2.17. The van der Waals surface area contributed by atoms with Gasteiger partial charge in [-0.2, -0.15) is 0 Å². The van der Waals surface area contributed by atoms with Gasteiger partial charge in [0.25, 0.3) is 0 Å². The zero-order valence-electron chi connectivity index (χ0n) is 25.8. The minimum atomic E-state index is 0.597. The molecule has 0 atom stereocenters. The average Bonchev–Trinajstić information content (AvgIpc) is 3.17. The molecule has 0 amide bonds. The standard InChI is InChI=1S/C44H26N4/c1-2-11-29(12-3-1)42-46-43(30-21-23-36-34-16-7-6-14-32(34)33-15-8-9-17-35(33)38(36)24-30)48-44(47-42)40-26-45-25-39-37(40)22-20-28-19-18-27-10-4-5-13-31(27)41(28)39/h1-26H. The first kappa shape index (κ1) is 26.7. The van der Waals surface area contributed by atoms with Gasteiger partial charge in [-0.1, -0.05) is 140 Å². The summed E-state index contributed by atoms with van der Waals surface area (Å²) < 4.78 is 0. The second-order valence-corrected chi connectivity index (χ2v) is 12.3. The van der Waals surface area contributed by atoms with Crippen molar-refractivity contribution >= 4 is 64.6 Å². The van der Waals surface area contributed by atoms with Crippen molar-refractivity contribution in [3.05, 3.63) is 158 Å². The Morgan fingerprint density at radius 1 is 0.312 bits per heavy atom. The van der Waals surface area contributed by atoms with E-state index in [9.17, 15) is 0 Å². The molecular weight excluding hydrogens is 585 g/mol. The number of nitrogens with zero attached hydrogens (tertiary/aromatic N) is 4. The molecule has 0 aliphatic rings. The first-order valence-corrected chi connectivity index (χ1v) is 16.1. The number of pyridine rings is 1. The SMILES string of the molecule is c1ccc(-c2nc(-c3ccc4c5ccccc5c5ccccc5c4c3)nc(-c3cncc4c3ccc3ccc5ccccc5c34)n2)cc1. The molecule has 0 N–H and O–H groups in total. The van der Waals surface area contributed by atoms with E-state index in [1.165, 1.54) is 53.9 Å². The molecule has 2 heterocycles. The smallest absolute Gasteiger partial charge is 0.166 e. The van der Waals surface area contributed by atoms with Gasteiger partial charge in [0.1, 0.15) is 0 Å². The molecule has 0 fully saturated rings. The van der Waals surface area contributed by atoms with Gasteiger partial charge < -0.3 is 0 Å². The third kappa shape index (κ3) is 4.10. The first-order chi connectivity index (χ1) is 23.8. The molecule has 222 valence electrons. The number of fused-ring (bicyclic) bond motifs is 11. The molecule has 4 nitrogen and oxygen atoms in total. The van der Waals surface area contributed by atoms with Crippen LogP contribution in [0.15, 0.2) is 158 Å². The van der Waals surface area contributed by atoms with E-state index in [-0.39, 0.29) is 0 Å². The fraction of sp³-hybridized carbons (Fsp3) is 0. The van der Waals surface area contributed by atoms with Gasteiger partial charge in [0.15, 0.2) is 17.5 Å². The highest BCUT2D eigenvalue weighted by atomic mass is 15.0. The molecule has 2 aromatic heterocycles. The summed E-state index contributed by atoms with van der Waals surface area (Å²) in [5, 5.41) is 14.2. The summed E-state index contributed by atoms with van der Waals surface area (Å²) in [6.45, 7) is 0. The van der Waals surface area contributed by atoms with E-state index in [2.05, 4.69) is 115 Å². The lowest BCUT2D eigenvalue weighted by Gasteiger charge is -2.13. The maximum absolute atomic E-state index is 5.18. The number of hydrogen-bond acceptors (Lipinski definition) is 4. The Morgan fingerprint density at radius 3 is 1.60 bits per heavy atom. The zero-order chi connectivity index (χ0) is 31.6. The Kier molecular flexibility index (Phi) is 5.84. The van der Waals surface area contributed by atoms with Crippen molar-refractivity contribution in [3.63, 3.8) is 0 Å². The van der Waals surface area contributed by atoms with E-state index < -0.39 is 0 Å². The van der Waals surface area contributed by atoms with Gasteiger partial charge in [-0.05, 0) is 65.3 Å². The predicted molar refractivity (Wildman–Crippen MR) is 199 cm³/mol. The lowest BCUT2D eigenvalue weighted by Crippen LogP contribution is -2.01. The average molecular weight is 611 g/mol. The van der Waals surface area contributed by atoms with Crippen LogP contribution in [0.25, 0.3) is 98.8 Å². The molecule has 10 aromatic rings.